The lowest BCUT2D eigenvalue weighted by Gasteiger charge is -2.12. The van der Waals surface area contributed by atoms with Crippen molar-refractivity contribution in [2.45, 2.75) is 6.54 Å². The number of benzene rings is 2. The van der Waals surface area contributed by atoms with Crippen LogP contribution in [0.15, 0.2) is 41.3 Å². The fourth-order valence-electron chi connectivity index (χ4n) is 2.66. The van der Waals surface area contributed by atoms with Gasteiger partial charge in [-0.2, -0.15) is 0 Å². The summed E-state index contributed by atoms with van der Waals surface area (Å²) in [5, 5.41) is 20.5. The van der Waals surface area contributed by atoms with Gasteiger partial charge in [-0.1, -0.05) is 18.2 Å². The molecule has 3 rings (SSSR count). The van der Waals surface area contributed by atoms with Gasteiger partial charge in [0.1, 0.15) is 5.82 Å². The van der Waals surface area contributed by atoms with Crippen LogP contribution in [0.3, 0.4) is 0 Å². The number of nitrogens with zero attached hydrogens (tertiary/aromatic N) is 2. The van der Waals surface area contributed by atoms with E-state index < -0.39 is 33.3 Å². The Morgan fingerprint density at radius 3 is 2.64 bits per heavy atom. The number of rotatable bonds is 5. The summed E-state index contributed by atoms with van der Waals surface area (Å²) in [4.78, 5) is 36.2. The lowest BCUT2D eigenvalue weighted by atomic mass is 10.1. The maximum Gasteiger partial charge on any atom is 0.322 e. The second-order valence-corrected chi connectivity index (χ2v) is 6.67. The van der Waals surface area contributed by atoms with Crippen LogP contribution in [-0.4, -0.2) is 33.2 Å². The first-order valence-corrected chi connectivity index (χ1v) is 8.68. The Morgan fingerprint density at radius 1 is 1.29 bits per heavy atom. The van der Waals surface area contributed by atoms with Crippen LogP contribution in [-0.2, 0) is 11.3 Å². The molecule has 10 heteroatoms. The summed E-state index contributed by atoms with van der Waals surface area (Å²) in [6.45, 7) is -0.254. The summed E-state index contributed by atoms with van der Waals surface area (Å²) < 4.78 is 18.7. The molecule has 0 saturated carbocycles. The van der Waals surface area contributed by atoms with Crippen molar-refractivity contribution >= 4 is 34.7 Å². The van der Waals surface area contributed by atoms with E-state index in [2.05, 4.69) is 0 Å². The van der Waals surface area contributed by atoms with Crippen molar-refractivity contribution in [3.63, 3.8) is 0 Å². The van der Waals surface area contributed by atoms with Crippen molar-refractivity contribution in [1.82, 2.24) is 4.90 Å². The van der Waals surface area contributed by atoms with Gasteiger partial charge < -0.3 is 9.84 Å². The minimum atomic E-state index is -0.756. The summed E-state index contributed by atoms with van der Waals surface area (Å²) in [6, 6.07) is 8.17. The number of imide groups is 1. The topological polar surface area (TPSA) is 110 Å². The maximum absolute atomic E-state index is 13.8. The minimum absolute atomic E-state index is 0.0176. The highest BCUT2D eigenvalue weighted by Crippen LogP contribution is 2.41. The predicted molar refractivity (Wildman–Crippen MR) is 99.2 cm³/mol. The third-order valence-corrected chi connectivity index (χ3v) is 4.88. The van der Waals surface area contributed by atoms with Gasteiger partial charge in [-0.25, -0.2) is 4.39 Å². The molecule has 0 aromatic heterocycles. The number of phenols is 1. The largest absolute Gasteiger partial charge is 0.504 e. The van der Waals surface area contributed by atoms with Crippen molar-refractivity contribution in [1.29, 1.82) is 0 Å². The predicted octanol–water partition coefficient (Wildman–Crippen LogP) is 3.68. The molecule has 2 aromatic carbocycles. The first-order valence-electron chi connectivity index (χ1n) is 7.86. The van der Waals surface area contributed by atoms with Gasteiger partial charge in [-0.05, 0) is 36.0 Å². The van der Waals surface area contributed by atoms with Gasteiger partial charge in [-0.15, -0.1) is 0 Å². The van der Waals surface area contributed by atoms with E-state index in [1.165, 1.54) is 36.4 Å². The number of carbonyl (C=O) groups excluding carboxylic acids is 2. The molecular weight excluding hydrogens is 391 g/mol. The Labute approximate surface area is 162 Å². The first-order chi connectivity index (χ1) is 13.3. The monoisotopic (exact) mass is 404 g/mol. The highest BCUT2D eigenvalue weighted by Gasteiger charge is 2.36. The number of carbonyl (C=O) groups is 2. The third-order valence-electron chi connectivity index (χ3n) is 3.98. The quantitative estimate of drug-likeness (QED) is 0.460. The molecule has 2 aromatic rings. The zero-order valence-electron chi connectivity index (χ0n) is 14.4. The van der Waals surface area contributed by atoms with E-state index in [0.29, 0.717) is 11.8 Å². The molecule has 1 N–H and O–H groups in total. The second kappa shape index (κ2) is 7.69. The molecule has 0 aliphatic carbocycles. The van der Waals surface area contributed by atoms with Gasteiger partial charge in [0.05, 0.1) is 29.0 Å². The molecular formula is C18H13FN2O6S. The summed E-state index contributed by atoms with van der Waals surface area (Å²) in [6.07, 6.45) is 1.17. The van der Waals surface area contributed by atoms with E-state index in [1.54, 1.807) is 6.07 Å². The van der Waals surface area contributed by atoms with E-state index in [4.69, 9.17) is 4.74 Å². The Kier molecular flexibility index (Phi) is 5.32. The molecule has 28 heavy (non-hydrogen) atoms. The fourth-order valence-corrected chi connectivity index (χ4v) is 3.49. The number of halogens is 1. The van der Waals surface area contributed by atoms with Crippen LogP contribution < -0.4 is 4.74 Å². The first kappa shape index (κ1) is 19.4. The number of amides is 2. The van der Waals surface area contributed by atoms with Crippen molar-refractivity contribution < 1.29 is 28.7 Å². The standard InChI is InChI=1S/C18H13FN2O6S/c1-27-16-13(22)7-6-10(15(16)21(25)26)8-14-17(23)20(18(24)28-14)9-11-4-2-3-5-12(11)19/h2-8,22H,9H2,1H3/b14-8-. The summed E-state index contributed by atoms with van der Waals surface area (Å²) in [5.74, 6) is -2.03. The number of hydrogen-bond donors (Lipinski definition) is 1. The van der Waals surface area contributed by atoms with E-state index in [-0.39, 0.29) is 28.3 Å². The third kappa shape index (κ3) is 3.54. The van der Waals surface area contributed by atoms with Crippen LogP contribution in [0, 0.1) is 15.9 Å². The highest BCUT2D eigenvalue weighted by atomic mass is 32.2. The van der Waals surface area contributed by atoms with Crippen molar-refractivity contribution in [3.05, 3.63) is 68.4 Å². The van der Waals surface area contributed by atoms with Crippen LogP contribution in [0.2, 0.25) is 0 Å². The molecule has 0 spiro atoms. The van der Waals surface area contributed by atoms with Gasteiger partial charge in [-0.3, -0.25) is 24.6 Å². The van der Waals surface area contributed by atoms with Crippen LogP contribution in [0.4, 0.5) is 14.9 Å². The summed E-state index contributed by atoms with van der Waals surface area (Å²) in [5.41, 5.74) is -0.386. The molecule has 0 atom stereocenters. The summed E-state index contributed by atoms with van der Waals surface area (Å²) >= 11 is 0.590. The van der Waals surface area contributed by atoms with E-state index in [1.807, 2.05) is 0 Å². The molecule has 0 unspecified atom stereocenters. The summed E-state index contributed by atoms with van der Waals surface area (Å²) in [7, 11) is 1.16. The number of ether oxygens (including phenoxy) is 1. The number of methoxy groups -OCH3 is 1. The van der Waals surface area contributed by atoms with E-state index >= 15 is 0 Å². The molecule has 1 heterocycles. The van der Waals surface area contributed by atoms with Crippen molar-refractivity contribution in [2.24, 2.45) is 0 Å². The van der Waals surface area contributed by atoms with Gasteiger partial charge in [0, 0.05) is 5.56 Å². The molecule has 8 nitrogen and oxygen atoms in total. The van der Waals surface area contributed by atoms with E-state index in [0.717, 1.165) is 12.0 Å². The Balaban J connectivity index is 1.97. The Hall–Kier alpha value is -3.40. The molecule has 2 amide bonds. The van der Waals surface area contributed by atoms with Gasteiger partial charge >= 0.3 is 5.69 Å². The number of nitro groups is 1. The smallest absolute Gasteiger partial charge is 0.322 e. The molecule has 0 radical (unpaired) electrons. The zero-order valence-corrected chi connectivity index (χ0v) is 15.2. The maximum atomic E-state index is 13.8. The Morgan fingerprint density at radius 2 is 2.00 bits per heavy atom. The van der Waals surface area contributed by atoms with Crippen molar-refractivity contribution in [2.75, 3.05) is 7.11 Å². The average molecular weight is 404 g/mol. The Bertz CT molecular complexity index is 1020. The normalized spacial score (nSPS) is 15.4. The molecule has 144 valence electrons. The molecule has 0 bridgehead atoms. The average Bonchev–Trinajstić information content (AvgIpc) is 2.91. The lowest BCUT2D eigenvalue weighted by Crippen LogP contribution is -2.27. The van der Waals surface area contributed by atoms with Gasteiger partial charge in [0.15, 0.2) is 5.75 Å². The number of hydrogen-bond acceptors (Lipinski definition) is 7. The molecule has 1 aliphatic rings. The lowest BCUT2D eigenvalue weighted by molar-refractivity contribution is -0.386. The van der Waals surface area contributed by atoms with Crippen LogP contribution in [0.25, 0.3) is 6.08 Å². The number of nitro benzene ring substituents is 1. The van der Waals surface area contributed by atoms with E-state index in [9.17, 15) is 29.2 Å². The number of aromatic hydroxyl groups is 1. The number of phenolic OH excluding ortho intramolecular Hbond substituents is 1. The second-order valence-electron chi connectivity index (χ2n) is 5.67. The zero-order chi connectivity index (χ0) is 20.4. The van der Waals surface area contributed by atoms with Gasteiger partial charge in [0.2, 0.25) is 5.75 Å². The van der Waals surface area contributed by atoms with Crippen molar-refractivity contribution in [3.8, 4) is 11.5 Å². The van der Waals surface area contributed by atoms with Crippen LogP contribution >= 0.6 is 11.8 Å². The molecule has 1 saturated heterocycles. The minimum Gasteiger partial charge on any atom is -0.504 e. The van der Waals surface area contributed by atoms with Crippen LogP contribution in [0.5, 0.6) is 11.5 Å². The SMILES string of the molecule is COc1c(O)ccc(/C=C2\SC(=O)N(Cc3ccccc3F)C2=O)c1[N+](=O)[O-]. The molecule has 1 fully saturated rings. The number of thioether (sulfide) groups is 1. The molecule has 1 aliphatic heterocycles. The van der Waals surface area contributed by atoms with Crippen LogP contribution in [0.1, 0.15) is 11.1 Å². The van der Waals surface area contributed by atoms with Gasteiger partial charge in [0.25, 0.3) is 11.1 Å². The fraction of sp³-hybridized carbons (Fsp3) is 0.111. The highest BCUT2D eigenvalue weighted by molar-refractivity contribution is 8.18.